The first-order chi connectivity index (χ1) is 5.31. The standard InChI is InChI=1S/C10H17N/c1-4-5-6-7-10(2)8-9-11-3/h4-7,11H,2,8-9H2,1,3H3. The number of hydrogen-bond acceptors (Lipinski definition) is 1. The molecule has 0 saturated carbocycles. The number of nitrogens with one attached hydrogen (secondary N) is 1. The van der Waals surface area contributed by atoms with Crippen LogP contribution < -0.4 is 5.32 Å². The summed E-state index contributed by atoms with van der Waals surface area (Å²) in [6, 6.07) is 0. The quantitative estimate of drug-likeness (QED) is 0.594. The second kappa shape index (κ2) is 7.29. The van der Waals surface area contributed by atoms with E-state index in [4.69, 9.17) is 0 Å². The van der Waals surface area contributed by atoms with Gasteiger partial charge >= 0.3 is 0 Å². The largest absolute Gasteiger partial charge is 0.319 e. The molecule has 0 aromatic carbocycles. The summed E-state index contributed by atoms with van der Waals surface area (Å²) in [6.07, 6.45) is 9.08. The highest BCUT2D eigenvalue weighted by Crippen LogP contribution is 1.97. The van der Waals surface area contributed by atoms with Crippen LogP contribution in [-0.4, -0.2) is 13.6 Å². The number of hydrogen-bond donors (Lipinski definition) is 1. The van der Waals surface area contributed by atoms with E-state index in [1.54, 1.807) is 0 Å². The molecule has 0 atom stereocenters. The van der Waals surface area contributed by atoms with Gasteiger partial charge in [0, 0.05) is 0 Å². The van der Waals surface area contributed by atoms with E-state index in [1.807, 2.05) is 38.3 Å². The van der Waals surface area contributed by atoms with Crippen LogP contribution in [0.25, 0.3) is 0 Å². The summed E-state index contributed by atoms with van der Waals surface area (Å²) >= 11 is 0. The van der Waals surface area contributed by atoms with Gasteiger partial charge in [0.05, 0.1) is 0 Å². The molecule has 0 bridgehead atoms. The third-order valence-corrected chi connectivity index (χ3v) is 1.33. The van der Waals surface area contributed by atoms with E-state index in [1.165, 1.54) is 0 Å². The van der Waals surface area contributed by atoms with Crippen LogP contribution in [-0.2, 0) is 0 Å². The van der Waals surface area contributed by atoms with Gasteiger partial charge in [-0.25, -0.2) is 0 Å². The molecule has 1 heteroatoms. The molecule has 0 saturated heterocycles. The van der Waals surface area contributed by atoms with Crippen LogP contribution in [0.2, 0.25) is 0 Å². The number of allylic oxidation sites excluding steroid dienone is 4. The first-order valence-electron chi connectivity index (χ1n) is 3.93. The first-order valence-corrected chi connectivity index (χ1v) is 3.93. The lowest BCUT2D eigenvalue weighted by molar-refractivity contribution is 0.795. The van der Waals surface area contributed by atoms with Gasteiger partial charge in [0.15, 0.2) is 0 Å². The van der Waals surface area contributed by atoms with Crippen molar-refractivity contribution in [2.24, 2.45) is 0 Å². The van der Waals surface area contributed by atoms with Gasteiger partial charge in [-0.3, -0.25) is 0 Å². The second-order valence-corrected chi connectivity index (χ2v) is 2.40. The highest BCUT2D eigenvalue weighted by molar-refractivity contribution is 5.18. The molecule has 0 aliphatic rings. The van der Waals surface area contributed by atoms with E-state index >= 15 is 0 Å². The Hall–Kier alpha value is -0.820. The Balaban J connectivity index is 3.51. The summed E-state index contributed by atoms with van der Waals surface area (Å²) in [6.45, 7) is 6.90. The molecule has 0 aromatic heterocycles. The van der Waals surface area contributed by atoms with Crippen molar-refractivity contribution in [2.75, 3.05) is 13.6 Å². The fourth-order valence-electron chi connectivity index (χ4n) is 0.672. The van der Waals surface area contributed by atoms with E-state index in [9.17, 15) is 0 Å². The van der Waals surface area contributed by atoms with Crippen LogP contribution in [0.3, 0.4) is 0 Å². The first kappa shape index (κ1) is 10.2. The van der Waals surface area contributed by atoms with Gasteiger partial charge in [-0.2, -0.15) is 0 Å². The molecule has 0 unspecified atom stereocenters. The summed E-state index contributed by atoms with van der Waals surface area (Å²) in [7, 11) is 1.95. The molecule has 62 valence electrons. The van der Waals surface area contributed by atoms with Crippen LogP contribution in [0.1, 0.15) is 13.3 Å². The molecule has 0 aliphatic carbocycles. The molecule has 0 amide bonds. The maximum absolute atomic E-state index is 3.90. The predicted molar refractivity (Wildman–Crippen MR) is 51.6 cm³/mol. The molecular weight excluding hydrogens is 134 g/mol. The van der Waals surface area contributed by atoms with Crippen molar-refractivity contribution < 1.29 is 0 Å². The minimum Gasteiger partial charge on any atom is -0.319 e. The molecule has 0 radical (unpaired) electrons. The topological polar surface area (TPSA) is 12.0 Å². The fraction of sp³-hybridized carbons (Fsp3) is 0.400. The summed E-state index contributed by atoms with van der Waals surface area (Å²) in [5.41, 5.74) is 1.16. The summed E-state index contributed by atoms with van der Waals surface area (Å²) < 4.78 is 0. The lowest BCUT2D eigenvalue weighted by atomic mass is 10.2. The molecule has 0 aliphatic heterocycles. The fourth-order valence-corrected chi connectivity index (χ4v) is 0.672. The predicted octanol–water partition coefficient (Wildman–Crippen LogP) is 2.28. The summed E-state index contributed by atoms with van der Waals surface area (Å²) in [5, 5.41) is 3.08. The van der Waals surface area contributed by atoms with E-state index in [0.29, 0.717) is 0 Å². The molecule has 11 heavy (non-hydrogen) atoms. The van der Waals surface area contributed by atoms with Crippen molar-refractivity contribution in [1.29, 1.82) is 0 Å². The normalized spacial score (nSPS) is 11.5. The zero-order valence-corrected chi connectivity index (χ0v) is 7.43. The lowest BCUT2D eigenvalue weighted by Crippen LogP contribution is -2.07. The van der Waals surface area contributed by atoms with E-state index in [-0.39, 0.29) is 0 Å². The van der Waals surface area contributed by atoms with Crippen molar-refractivity contribution >= 4 is 0 Å². The van der Waals surface area contributed by atoms with Crippen molar-refractivity contribution in [3.63, 3.8) is 0 Å². The Kier molecular flexibility index (Phi) is 6.75. The Bertz CT molecular complexity index is 154. The van der Waals surface area contributed by atoms with E-state index in [0.717, 1.165) is 18.5 Å². The van der Waals surface area contributed by atoms with Crippen molar-refractivity contribution in [3.05, 3.63) is 36.5 Å². The van der Waals surface area contributed by atoms with Crippen LogP contribution in [0, 0.1) is 0 Å². The van der Waals surface area contributed by atoms with Crippen LogP contribution in [0.4, 0.5) is 0 Å². The Labute approximate surface area is 69.5 Å². The van der Waals surface area contributed by atoms with Gasteiger partial charge in [0.25, 0.3) is 0 Å². The Morgan fingerprint density at radius 1 is 1.45 bits per heavy atom. The average molecular weight is 151 g/mol. The molecule has 0 rings (SSSR count). The van der Waals surface area contributed by atoms with Gasteiger partial charge < -0.3 is 5.32 Å². The highest BCUT2D eigenvalue weighted by atomic mass is 14.8. The Morgan fingerprint density at radius 2 is 2.18 bits per heavy atom. The number of rotatable bonds is 5. The van der Waals surface area contributed by atoms with Gasteiger partial charge in [-0.1, -0.05) is 36.5 Å². The summed E-state index contributed by atoms with van der Waals surface area (Å²) in [4.78, 5) is 0. The maximum atomic E-state index is 3.90. The third kappa shape index (κ3) is 7.07. The minimum atomic E-state index is 0.999. The SMILES string of the molecule is C=C(C=CC=CC)CCNC. The van der Waals surface area contributed by atoms with Crippen LogP contribution in [0.5, 0.6) is 0 Å². The van der Waals surface area contributed by atoms with Crippen molar-refractivity contribution in [1.82, 2.24) is 5.32 Å². The zero-order chi connectivity index (χ0) is 8.53. The highest BCUT2D eigenvalue weighted by Gasteiger charge is 1.84. The molecule has 1 nitrogen and oxygen atoms in total. The van der Waals surface area contributed by atoms with Gasteiger partial charge in [-0.15, -0.1) is 0 Å². The molecule has 1 N–H and O–H groups in total. The molecular formula is C10H17N. The minimum absolute atomic E-state index is 0.999. The lowest BCUT2D eigenvalue weighted by Gasteiger charge is -1.96. The van der Waals surface area contributed by atoms with E-state index in [2.05, 4.69) is 11.9 Å². The van der Waals surface area contributed by atoms with Crippen LogP contribution in [0.15, 0.2) is 36.5 Å². The van der Waals surface area contributed by atoms with Gasteiger partial charge in [0.1, 0.15) is 0 Å². The smallest absolute Gasteiger partial charge is 0.00116 e. The summed E-state index contributed by atoms with van der Waals surface area (Å²) in [5.74, 6) is 0. The monoisotopic (exact) mass is 151 g/mol. The maximum Gasteiger partial charge on any atom is -0.00116 e. The van der Waals surface area contributed by atoms with Gasteiger partial charge in [-0.05, 0) is 26.9 Å². The molecule has 0 aromatic rings. The second-order valence-electron chi connectivity index (χ2n) is 2.40. The molecule has 0 fully saturated rings. The third-order valence-electron chi connectivity index (χ3n) is 1.33. The molecule has 0 spiro atoms. The van der Waals surface area contributed by atoms with Crippen molar-refractivity contribution in [3.8, 4) is 0 Å². The zero-order valence-electron chi connectivity index (χ0n) is 7.43. The Morgan fingerprint density at radius 3 is 2.73 bits per heavy atom. The van der Waals surface area contributed by atoms with Crippen LogP contribution >= 0.6 is 0 Å². The molecule has 0 heterocycles. The van der Waals surface area contributed by atoms with Crippen molar-refractivity contribution in [2.45, 2.75) is 13.3 Å². The van der Waals surface area contributed by atoms with E-state index < -0.39 is 0 Å². The average Bonchev–Trinajstić information content (AvgIpc) is 2.01. The van der Waals surface area contributed by atoms with Gasteiger partial charge in [0.2, 0.25) is 0 Å².